The number of rotatable bonds is 5. The average Bonchev–Trinajstić information content (AvgIpc) is 2.76. The molecule has 3 aromatic rings. The van der Waals surface area contributed by atoms with E-state index in [2.05, 4.69) is 20.6 Å². The topological polar surface area (TPSA) is 70.2 Å². The molecule has 2 aromatic carbocycles. The highest BCUT2D eigenvalue weighted by molar-refractivity contribution is 5.94. The summed E-state index contributed by atoms with van der Waals surface area (Å²) in [6.45, 7) is 0. The number of carbonyl (C=O) groups excluding carboxylic acids is 1. The van der Waals surface area contributed by atoms with Gasteiger partial charge in [0.05, 0.1) is 5.52 Å². The standard InChI is InChI=1S/C23H25F2N5O.ClH/c1-30(2)21-17-5-3-4-6-20(17)28-23(29-21)27-16-10-8-15(9-11-16)26-22(31)14-7-12-18(24)19(25)13-14;/h3-7,12-13,15-16H,8-11H2,1-2H3,(H,26,31)(H,27,28,29);1H. The van der Waals surface area contributed by atoms with Gasteiger partial charge in [0.2, 0.25) is 5.95 Å². The van der Waals surface area contributed by atoms with Gasteiger partial charge in [-0.25, -0.2) is 13.8 Å². The van der Waals surface area contributed by atoms with Crippen LogP contribution in [0.3, 0.4) is 0 Å². The van der Waals surface area contributed by atoms with Crippen LogP contribution in [0.15, 0.2) is 42.5 Å². The number of amides is 1. The van der Waals surface area contributed by atoms with Crippen molar-refractivity contribution in [3.63, 3.8) is 0 Å². The van der Waals surface area contributed by atoms with E-state index in [9.17, 15) is 13.6 Å². The number of hydrogen-bond acceptors (Lipinski definition) is 5. The zero-order valence-electron chi connectivity index (χ0n) is 17.9. The lowest BCUT2D eigenvalue weighted by Crippen LogP contribution is -2.40. The second-order valence-electron chi connectivity index (χ2n) is 8.08. The van der Waals surface area contributed by atoms with E-state index in [1.807, 2.05) is 43.3 Å². The lowest BCUT2D eigenvalue weighted by molar-refractivity contribution is 0.0926. The molecule has 9 heteroatoms. The fraction of sp³-hybridized carbons (Fsp3) is 0.348. The SMILES string of the molecule is CN(C)c1nc(NC2CCC(NC(=O)c3ccc(F)c(F)c3)CC2)nc2ccccc12.Cl. The average molecular weight is 462 g/mol. The first-order valence-electron chi connectivity index (χ1n) is 10.4. The van der Waals surface area contributed by atoms with Gasteiger partial charge < -0.3 is 15.5 Å². The summed E-state index contributed by atoms with van der Waals surface area (Å²) in [5.41, 5.74) is 1.01. The van der Waals surface area contributed by atoms with Crippen LogP contribution in [0.4, 0.5) is 20.5 Å². The predicted octanol–water partition coefficient (Wildman–Crippen LogP) is 4.55. The summed E-state index contributed by atoms with van der Waals surface area (Å²) < 4.78 is 26.4. The van der Waals surface area contributed by atoms with Crippen molar-refractivity contribution in [1.29, 1.82) is 0 Å². The molecule has 2 N–H and O–H groups in total. The molecule has 1 fully saturated rings. The maximum absolute atomic E-state index is 13.4. The van der Waals surface area contributed by atoms with Crippen LogP contribution in [0.5, 0.6) is 0 Å². The van der Waals surface area contributed by atoms with Crippen molar-refractivity contribution in [1.82, 2.24) is 15.3 Å². The van der Waals surface area contributed by atoms with Gasteiger partial charge in [-0.2, -0.15) is 4.98 Å². The van der Waals surface area contributed by atoms with Gasteiger partial charge in [0, 0.05) is 37.1 Å². The molecule has 0 unspecified atom stereocenters. The van der Waals surface area contributed by atoms with Crippen LogP contribution in [0, 0.1) is 11.6 Å². The Morgan fingerprint density at radius 2 is 1.66 bits per heavy atom. The number of carbonyl (C=O) groups is 1. The highest BCUT2D eigenvalue weighted by atomic mass is 35.5. The Bertz CT molecular complexity index is 1100. The van der Waals surface area contributed by atoms with Crippen molar-refractivity contribution in [3.8, 4) is 0 Å². The molecule has 1 heterocycles. The van der Waals surface area contributed by atoms with Crippen LogP contribution in [0.1, 0.15) is 36.0 Å². The number of nitrogens with one attached hydrogen (secondary N) is 2. The molecule has 1 aromatic heterocycles. The number of nitrogens with zero attached hydrogens (tertiary/aromatic N) is 3. The molecule has 32 heavy (non-hydrogen) atoms. The maximum atomic E-state index is 13.4. The Morgan fingerprint density at radius 3 is 2.34 bits per heavy atom. The summed E-state index contributed by atoms with van der Waals surface area (Å²) in [6.07, 6.45) is 3.24. The Morgan fingerprint density at radius 1 is 0.969 bits per heavy atom. The van der Waals surface area contributed by atoms with E-state index in [1.165, 1.54) is 6.07 Å². The van der Waals surface area contributed by atoms with E-state index >= 15 is 0 Å². The minimum atomic E-state index is -1.02. The van der Waals surface area contributed by atoms with E-state index in [0.717, 1.165) is 54.5 Å². The lowest BCUT2D eigenvalue weighted by atomic mass is 9.91. The normalized spacial score (nSPS) is 18.0. The molecule has 0 spiro atoms. The summed E-state index contributed by atoms with van der Waals surface area (Å²) in [7, 11) is 3.92. The number of benzene rings is 2. The molecular formula is C23H26ClF2N5O. The molecule has 6 nitrogen and oxygen atoms in total. The Hall–Kier alpha value is -3.00. The smallest absolute Gasteiger partial charge is 0.251 e. The summed E-state index contributed by atoms with van der Waals surface area (Å²) in [4.78, 5) is 23.6. The van der Waals surface area contributed by atoms with E-state index in [1.54, 1.807) is 0 Å². The fourth-order valence-corrected chi connectivity index (χ4v) is 3.94. The van der Waals surface area contributed by atoms with Crippen LogP contribution >= 0.6 is 12.4 Å². The van der Waals surface area contributed by atoms with E-state index in [4.69, 9.17) is 0 Å². The predicted molar refractivity (Wildman–Crippen MR) is 125 cm³/mol. The molecule has 0 aliphatic heterocycles. The van der Waals surface area contributed by atoms with Crippen molar-refractivity contribution >= 4 is 41.0 Å². The van der Waals surface area contributed by atoms with Crippen molar-refractivity contribution < 1.29 is 13.6 Å². The minimum absolute atomic E-state index is 0. The van der Waals surface area contributed by atoms with Crippen LogP contribution in [0.25, 0.3) is 10.9 Å². The molecule has 0 bridgehead atoms. The molecule has 0 saturated heterocycles. The molecule has 170 valence electrons. The Labute approximate surface area is 191 Å². The largest absolute Gasteiger partial charge is 0.362 e. The van der Waals surface area contributed by atoms with Gasteiger partial charge >= 0.3 is 0 Å². The molecule has 1 aliphatic rings. The van der Waals surface area contributed by atoms with Gasteiger partial charge in [-0.05, 0) is 56.0 Å². The third-order valence-corrected chi connectivity index (χ3v) is 5.58. The first-order chi connectivity index (χ1) is 14.9. The van der Waals surface area contributed by atoms with Crippen molar-refractivity contribution in [3.05, 3.63) is 59.7 Å². The van der Waals surface area contributed by atoms with E-state index in [0.29, 0.717) is 5.95 Å². The zero-order valence-corrected chi connectivity index (χ0v) is 18.8. The van der Waals surface area contributed by atoms with Gasteiger partial charge in [0.15, 0.2) is 11.6 Å². The summed E-state index contributed by atoms with van der Waals surface area (Å²) in [6, 6.07) is 11.3. The molecule has 0 atom stereocenters. The molecule has 1 saturated carbocycles. The molecule has 1 aliphatic carbocycles. The lowest BCUT2D eigenvalue weighted by Gasteiger charge is -2.30. The summed E-state index contributed by atoms with van der Waals surface area (Å²) >= 11 is 0. The first kappa shape index (κ1) is 23.7. The number of fused-ring (bicyclic) bond motifs is 1. The Balaban J connectivity index is 0.00000289. The third-order valence-electron chi connectivity index (χ3n) is 5.58. The van der Waals surface area contributed by atoms with Gasteiger partial charge in [0.1, 0.15) is 5.82 Å². The van der Waals surface area contributed by atoms with Gasteiger partial charge in [0.25, 0.3) is 5.91 Å². The number of para-hydroxylation sites is 1. The second kappa shape index (κ2) is 10.1. The van der Waals surface area contributed by atoms with Crippen molar-refractivity contribution in [2.24, 2.45) is 0 Å². The summed E-state index contributed by atoms with van der Waals surface area (Å²) in [5, 5.41) is 7.36. The molecule has 0 radical (unpaired) electrons. The van der Waals surface area contributed by atoms with Crippen LogP contribution in [-0.4, -0.2) is 42.1 Å². The van der Waals surface area contributed by atoms with E-state index < -0.39 is 11.6 Å². The zero-order chi connectivity index (χ0) is 22.0. The van der Waals surface area contributed by atoms with Crippen LogP contribution in [0.2, 0.25) is 0 Å². The Kier molecular flexibility index (Phi) is 7.45. The fourth-order valence-electron chi connectivity index (χ4n) is 3.94. The van der Waals surface area contributed by atoms with Gasteiger partial charge in [-0.3, -0.25) is 4.79 Å². The van der Waals surface area contributed by atoms with Crippen LogP contribution < -0.4 is 15.5 Å². The van der Waals surface area contributed by atoms with Crippen molar-refractivity contribution in [2.75, 3.05) is 24.3 Å². The second-order valence-corrected chi connectivity index (χ2v) is 8.08. The third kappa shape index (κ3) is 5.24. The highest BCUT2D eigenvalue weighted by Crippen LogP contribution is 2.26. The summed E-state index contributed by atoms with van der Waals surface area (Å²) in [5.74, 6) is -0.912. The minimum Gasteiger partial charge on any atom is -0.362 e. The number of aromatic nitrogens is 2. The molecule has 1 amide bonds. The van der Waals surface area contributed by atoms with Gasteiger partial charge in [-0.1, -0.05) is 12.1 Å². The highest BCUT2D eigenvalue weighted by Gasteiger charge is 2.24. The molecule has 4 rings (SSSR count). The molecular weight excluding hydrogens is 436 g/mol. The number of hydrogen-bond donors (Lipinski definition) is 2. The number of anilines is 2. The van der Waals surface area contributed by atoms with Crippen LogP contribution in [-0.2, 0) is 0 Å². The first-order valence-corrected chi connectivity index (χ1v) is 10.4. The van der Waals surface area contributed by atoms with Crippen molar-refractivity contribution in [2.45, 2.75) is 37.8 Å². The monoisotopic (exact) mass is 461 g/mol. The van der Waals surface area contributed by atoms with E-state index in [-0.39, 0.29) is 36.0 Å². The number of halogens is 3. The maximum Gasteiger partial charge on any atom is 0.251 e. The van der Waals surface area contributed by atoms with Gasteiger partial charge in [-0.15, -0.1) is 12.4 Å². The quantitative estimate of drug-likeness (QED) is 0.583.